The summed E-state index contributed by atoms with van der Waals surface area (Å²) < 4.78 is 0. The second-order valence-electron chi connectivity index (χ2n) is 5.08. The van der Waals surface area contributed by atoms with Crippen LogP contribution in [0.1, 0.15) is 41.6 Å². The molecule has 0 aromatic heterocycles. The molecule has 1 aromatic rings. The third-order valence-corrected chi connectivity index (χ3v) is 3.72. The number of amides is 1. The van der Waals surface area contributed by atoms with Gasteiger partial charge in [-0.05, 0) is 30.5 Å². The van der Waals surface area contributed by atoms with E-state index in [1.165, 1.54) is 0 Å². The van der Waals surface area contributed by atoms with E-state index in [9.17, 15) is 14.7 Å². The van der Waals surface area contributed by atoms with Crippen LogP contribution in [0, 0.1) is 11.3 Å². The fourth-order valence-corrected chi connectivity index (χ4v) is 2.53. The van der Waals surface area contributed by atoms with E-state index in [4.69, 9.17) is 5.26 Å². The van der Waals surface area contributed by atoms with E-state index >= 15 is 0 Å². The number of aliphatic carboxylic acids is 1. The van der Waals surface area contributed by atoms with Gasteiger partial charge in [0.05, 0.1) is 12.5 Å². The molecule has 0 saturated heterocycles. The van der Waals surface area contributed by atoms with E-state index in [-0.39, 0.29) is 5.91 Å². The maximum absolute atomic E-state index is 12.1. The number of nitrogens with one attached hydrogen (secondary N) is 1. The van der Waals surface area contributed by atoms with Crippen molar-refractivity contribution >= 4 is 11.9 Å². The number of rotatable bonds is 4. The van der Waals surface area contributed by atoms with E-state index in [2.05, 4.69) is 5.32 Å². The van der Waals surface area contributed by atoms with E-state index in [0.29, 0.717) is 24.8 Å². The quantitative estimate of drug-likeness (QED) is 0.875. The van der Waals surface area contributed by atoms with Crippen molar-refractivity contribution in [1.29, 1.82) is 5.26 Å². The van der Waals surface area contributed by atoms with Crippen molar-refractivity contribution in [3.8, 4) is 6.07 Å². The number of nitriles is 1. The predicted molar refractivity (Wildman–Crippen MR) is 72.1 cm³/mol. The summed E-state index contributed by atoms with van der Waals surface area (Å²) in [4.78, 5) is 23.5. The molecular formula is C15H16N2O3. The Kier molecular flexibility index (Phi) is 4.04. The third kappa shape index (κ3) is 2.80. The fourth-order valence-electron chi connectivity index (χ4n) is 2.53. The number of carboxylic acids is 1. The molecule has 0 radical (unpaired) electrons. The zero-order valence-corrected chi connectivity index (χ0v) is 11.1. The van der Waals surface area contributed by atoms with Crippen molar-refractivity contribution in [2.45, 2.75) is 37.6 Å². The Balaban J connectivity index is 2.11. The van der Waals surface area contributed by atoms with Gasteiger partial charge in [-0.25, -0.2) is 4.79 Å². The van der Waals surface area contributed by atoms with Crippen LogP contribution in [0.3, 0.4) is 0 Å². The number of nitrogens with zero attached hydrogens (tertiary/aromatic N) is 1. The van der Waals surface area contributed by atoms with E-state index in [1.807, 2.05) is 6.07 Å². The monoisotopic (exact) mass is 272 g/mol. The Hall–Kier alpha value is -2.35. The van der Waals surface area contributed by atoms with Crippen molar-refractivity contribution in [3.05, 3.63) is 35.4 Å². The second-order valence-corrected chi connectivity index (χ2v) is 5.08. The van der Waals surface area contributed by atoms with Crippen LogP contribution < -0.4 is 5.32 Å². The maximum Gasteiger partial charge on any atom is 0.329 e. The van der Waals surface area contributed by atoms with Gasteiger partial charge >= 0.3 is 5.97 Å². The van der Waals surface area contributed by atoms with Gasteiger partial charge in [0.2, 0.25) is 0 Å². The molecular weight excluding hydrogens is 256 g/mol. The Morgan fingerprint density at radius 2 is 1.85 bits per heavy atom. The van der Waals surface area contributed by atoms with Crippen LogP contribution in [-0.4, -0.2) is 22.5 Å². The standard InChI is InChI=1S/C15H16N2O3/c16-10-7-11-3-5-12(6-4-11)13(18)17-15(14(19)20)8-1-2-9-15/h3-6H,1-2,7-9H2,(H,17,18)(H,19,20). The molecule has 0 aliphatic heterocycles. The lowest BCUT2D eigenvalue weighted by Crippen LogP contribution is -2.52. The summed E-state index contributed by atoms with van der Waals surface area (Å²) in [6.45, 7) is 0. The van der Waals surface area contributed by atoms with Crippen molar-refractivity contribution in [2.75, 3.05) is 0 Å². The lowest BCUT2D eigenvalue weighted by Gasteiger charge is -2.25. The molecule has 2 rings (SSSR count). The highest BCUT2D eigenvalue weighted by Crippen LogP contribution is 2.30. The van der Waals surface area contributed by atoms with E-state index in [0.717, 1.165) is 18.4 Å². The molecule has 1 aliphatic carbocycles. The molecule has 1 aliphatic rings. The van der Waals surface area contributed by atoms with Crippen LogP contribution in [0.5, 0.6) is 0 Å². The average molecular weight is 272 g/mol. The fraction of sp³-hybridized carbons (Fsp3) is 0.400. The van der Waals surface area contributed by atoms with Gasteiger partial charge in [-0.15, -0.1) is 0 Å². The first-order valence-corrected chi connectivity index (χ1v) is 6.59. The van der Waals surface area contributed by atoms with Gasteiger partial charge in [0.15, 0.2) is 0 Å². The molecule has 0 bridgehead atoms. The van der Waals surface area contributed by atoms with Crippen molar-refractivity contribution in [2.24, 2.45) is 0 Å². The molecule has 0 spiro atoms. The lowest BCUT2D eigenvalue weighted by molar-refractivity contribution is -0.144. The van der Waals surface area contributed by atoms with Crippen LogP contribution in [0.25, 0.3) is 0 Å². The zero-order chi connectivity index (χ0) is 14.6. The SMILES string of the molecule is N#CCc1ccc(C(=O)NC2(C(=O)O)CCCC2)cc1. The highest BCUT2D eigenvalue weighted by Gasteiger charge is 2.42. The Labute approximate surface area is 117 Å². The molecule has 0 atom stereocenters. The lowest BCUT2D eigenvalue weighted by atomic mass is 9.97. The first-order valence-electron chi connectivity index (χ1n) is 6.59. The summed E-state index contributed by atoms with van der Waals surface area (Å²) in [6.07, 6.45) is 2.86. The molecule has 0 unspecified atom stereocenters. The summed E-state index contributed by atoms with van der Waals surface area (Å²) in [6, 6.07) is 8.69. The largest absolute Gasteiger partial charge is 0.480 e. The zero-order valence-electron chi connectivity index (χ0n) is 11.1. The summed E-state index contributed by atoms with van der Waals surface area (Å²) in [5.74, 6) is -1.35. The van der Waals surface area contributed by atoms with Crippen LogP contribution in [0.15, 0.2) is 24.3 Å². The van der Waals surface area contributed by atoms with E-state index < -0.39 is 11.5 Å². The molecule has 1 aromatic carbocycles. The molecule has 20 heavy (non-hydrogen) atoms. The number of carbonyl (C=O) groups excluding carboxylic acids is 1. The molecule has 1 fully saturated rings. The molecule has 2 N–H and O–H groups in total. The maximum atomic E-state index is 12.1. The number of hydrogen-bond donors (Lipinski definition) is 2. The topological polar surface area (TPSA) is 90.2 Å². The highest BCUT2D eigenvalue weighted by atomic mass is 16.4. The number of carbonyl (C=O) groups is 2. The van der Waals surface area contributed by atoms with Crippen molar-refractivity contribution in [3.63, 3.8) is 0 Å². The van der Waals surface area contributed by atoms with Gasteiger partial charge in [-0.1, -0.05) is 25.0 Å². The summed E-state index contributed by atoms with van der Waals surface area (Å²) >= 11 is 0. The predicted octanol–water partition coefficient (Wildman–Crippen LogP) is 1.88. The summed E-state index contributed by atoms with van der Waals surface area (Å²) in [7, 11) is 0. The van der Waals surface area contributed by atoms with Crippen molar-refractivity contribution in [1.82, 2.24) is 5.32 Å². The van der Waals surface area contributed by atoms with Crippen LogP contribution in [0.4, 0.5) is 0 Å². The van der Waals surface area contributed by atoms with Crippen LogP contribution in [0.2, 0.25) is 0 Å². The minimum absolute atomic E-state index is 0.293. The first kappa shape index (κ1) is 14.1. The third-order valence-electron chi connectivity index (χ3n) is 3.72. The molecule has 1 amide bonds. The van der Waals surface area contributed by atoms with Crippen LogP contribution in [-0.2, 0) is 11.2 Å². The summed E-state index contributed by atoms with van der Waals surface area (Å²) in [5, 5.41) is 20.6. The van der Waals surface area contributed by atoms with E-state index in [1.54, 1.807) is 24.3 Å². The number of carboxylic acid groups (broad SMARTS) is 1. The number of hydrogen-bond acceptors (Lipinski definition) is 3. The molecule has 104 valence electrons. The minimum Gasteiger partial charge on any atom is -0.480 e. The average Bonchev–Trinajstić information content (AvgIpc) is 2.90. The Morgan fingerprint density at radius 3 is 2.35 bits per heavy atom. The first-order chi connectivity index (χ1) is 9.57. The second kappa shape index (κ2) is 5.74. The minimum atomic E-state index is -1.12. The van der Waals surface area contributed by atoms with Gasteiger partial charge in [-0.2, -0.15) is 5.26 Å². The van der Waals surface area contributed by atoms with Crippen LogP contribution >= 0.6 is 0 Å². The van der Waals surface area contributed by atoms with Gasteiger partial charge in [0, 0.05) is 5.56 Å². The van der Waals surface area contributed by atoms with Crippen molar-refractivity contribution < 1.29 is 14.7 Å². The molecule has 5 heteroatoms. The molecule has 1 saturated carbocycles. The molecule has 0 heterocycles. The summed E-state index contributed by atoms with van der Waals surface area (Å²) in [5.41, 5.74) is 0.125. The molecule has 5 nitrogen and oxygen atoms in total. The smallest absolute Gasteiger partial charge is 0.329 e. The Bertz CT molecular complexity index is 551. The normalized spacial score (nSPS) is 16.4. The Morgan fingerprint density at radius 1 is 1.25 bits per heavy atom. The van der Waals surface area contributed by atoms with Gasteiger partial charge < -0.3 is 10.4 Å². The number of benzene rings is 1. The van der Waals surface area contributed by atoms with Gasteiger partial charge in [-0.3, -0.25) is 4.79 Å². The van der Waals surface area contributed by atoms with Gasteiger partial charge in [0.1, 0.15) is 5.54 Å². The van der Waals surface area contributed by atoms with Gasteiger partial charge in [0.25, 0.3) is 5.91 Å². The highest BCUT2D eigenvalue weighted by molar-refractivity contribution is 5.98.